The Morgan fingerprint density at radius 3 is 1.31 bits per heavy atom. The molecule has 0 saturated carbocycles. The molecule has 0 N–H and O–H groups in total. The first-order valence-corrected chi connectivity index (χ1v) is 12.2. The van der Waals surface area contributed by atoms with Gasteiger partial charge in [-0.1, -0.05) is 97.1 Å². The molecule has 4 heteroatoms. The number of rotatable bonds is 7. The number of aromatic nitrogens is 2. The fourth-order valence-corrected chi connectivity index (χ4v) is 4.77. The predicted molar refractivity (Wildman–Crippen MR) is 150 cm³/mol. The molecule has 174 valence electrons. The molecule has 0 unspecified atom stereocenters. The highest BCUT2D eigenvalue weighted by atomic mass is 15.2. The van der Waals surface area contributed by atoms with Crippen LogP contribution in [0.25, 0.3) is 21.8 Å². The zero-order valence-electron chi connectivity index (χ0n) is 19.9. The number of nitrogens with zero attached hydrogens (tertiary/aromatic N) is 4. The summed E-state index contributed by atoms with van der Waals surface area (Å²) in [5.74, 6) is 0. The van der Waals surface area contributed by atoms with E-state index in [0.717, 1.165) is 24.2 Å². The summed E-state index contributed by atoms with van der Waals surface area (Å²) in [5.41, 5.74) is 7.04. The molecular formula is C32H26N4. The van der Waals surface area contributed by atoms with Crippen molar-refractivity contribution < 1.29 is 0 Å². The summed E-state index contributed by atoms with van der Waals surface area (Å²) in [7, 11) is 0. The Labute approximate surface area is 210 Å². The number of fused-ring (bicyclic) bond motifs is 2. The second-order valence-electron chi connectivity index (χ2n) is 8.92. The molecule has 0 atom stereocenters. The molecule has 4 aromatic carbocycles. The Bertz CT molecular complexity index is 1540. The summed E-state index contributed by atoms with van der Waals surface area (Å²) in [5, 5.41) is 11.2. The van der Waals surface area contributed by atoms with Crippen LogP contribution in [0.15, 0.2) is 132 Å². The van der Waals surface area contributed by atoms with E-state index in [1.807, 2.05) is 24.6 Å². The van der Waals surface area contributed by atoms with Gasteiger partial charge in [-0.2, -0.15) is 10.2 Å². The Morgan fingerprint density at radius 2 is 0.861 bits per heavy atom. The van der Waals surface area contributed by atoms with Gasteiger partial charge in [0.1, 0.15) is 0 Å². The molecule has 0 amide bonds. The minimum absolute atomic E-state index is 0.819. The molecule has 0 fully saturated rings. The summed E-state index contributed by atoms with van der Waals surface area (Å²) in [6.07, 6.45) is 8.01. The van der Waals surface area contributed by atoms with E-state index in [9.17, 15) is 0 Å². The van der Waals surface area contributed by atoms with Gasteiger partial charge in [0, 0.05) is 58.4 Å². The van der Waals surface area contributed by atoms with Crippen molar-refractivity contribution in [2.75, 3.05) is 0 Å². The molecule has 0 spiro atoms. The summed E-state index contributed by atoms with van der Waals surface area (Å²) < 4.78 is 4.54. The highest BCUT2D eigenvalue weighted by Crippen LogP contribution is 2.23. The lowest BCUT2D eigenvalue weighted by molar-refractivity contribution is 0.836. The van der Waals surface area contributed by atoms with Crippen LogP contribution in [-0.4, -0.2) is 21.6 Å². The largest absolute Gasteiger partial charge is 0.342 e. The first-order chi connectivity index (χ1) is 17.8. The van der Waals surface area contributed by atoms with E-state index in [1.54, 1.807) is 0 Å². The Balaban J connectivity index is 1.27. The molecule has 2 aromatic heterocycles. The van der Waals surface area contributed by atoms with Crippen LogP contribution in [0.3, 0.4) is 0 Å². The van der Waals surface area contributed by atoms with Gasteiger partial charge in [-0.15, -0.1) is 0 Å². The maximum atomic E-state index is 4.43. The Hall–Kier alpha value is -4.70. The molecular weight excluding hydrogens is 440 g/mol. The zero-order valence-corrected chi connectivity index (χ0v) is 19.9. The monoisotopic (exact) mass is 466 g/mol. The van der Waals surface area contributed by atoms with Crippen molar-refractivity contribution in [2.45, 2.75) is 13.1 Å². The van der Waals surface area contributed by atoms with Crippen LogP contribution in [0.1, 0.15) is 22.3 Å². The third-order valence-corrected chi connectivity index (χ3v) is 6.49. The van der Waals surface area contributed by atoms with Crippen LogP contribution >= 0.6 is 0 Å². The number of para-hydroxylation sites is 2. The lowest BCUT2D eigenvalue weighted by Crippen LogP contribution is -1.97. The average molecular weight is 467 g/mol. The third kappa shape index (κ3) is 4.49. The number of benzene rings is 4. The Morgan fingerprint density at radius 1 is 0.472 bits per heavy atom. The van der Waals surface area contributed by atoms with Crippen molar-refractivity contribution >= 4 is 34.2 Å². The SMILES string of the molecule is C(=N\N=C\c1cn(Cc2ccccc2)c2ccccc12)/c1cn(Cc2ccccc2)c2ccccc12. The highest BCUT2D eigenvalue weighted by molar-refractivity contribution is 6.01. The molecule has 36 heavy (non-hydrogen) atoms. The fourth-order valence-electron chi connectivity index (χ4n) is 4.77. The van der Waals surface area contributed by atoms with Gasteiger partial charge in [0.05, 0.1) is 12.4 Å². The predicted octanol–water partition coefficient (Wildman–Crippen LogP) is 7.15. The molecule has 0 bridgehead atoms. The van der Waals surface area contributed by atoms with Gasteiger partial charge in [0.15, 0.2) is 0 Å². The van der Waals surface area contributed by atoms with Crippen molar-refractivity contribution in [2.24, 2.45) is 10.2 Å². The van der Waals surface area contributed by atoms with Crippen LogP contribution in [0.4, 0.5) is 0 Å². The lowest BCUT2D eigenvalue weighted by Gasteiger charge is -2.05. The van der Waals surface area contributed by atoms with Gasteiger partial charge in [-0.25, -0.2) is 0 Å². The van der Waals surface area contributed by atoms with Crippen LogP contribution in [0, 0.1) is 0 Å². The standard InChI is InChI=1S/C32H26N4/c1-3-11-25(12-4-1)21-35-23-27(29-15-7-9-17-31(29)35)19-33-34-20-28-24-36(22-26-13-5-2-6-14-26)32-18-10-8-16-30(28)32/h1-20,23-24H,21-22H2/b33-19+,34-20+. The van der Waals surface area contributed by atoms with Crippen LogP contribution in [0.2, 0.25) is 0 Å². The maximum Gasteiger partial charge on any atom is 0.0589 e. The van der Waals surface area contributed by atoms with E-state index in [-0.39, 0.29) is 0 Å². The van der Waals surface area contributed by atoms with Crippen LogP contribution in [0.5, 0.6) is 0 Å². The first-order valence-electron chi connectivity index (χ1n) is 12.2. The number of hydrogen-bond acceptors (Lipinski definition) is 2. The fraction of sp³-hybridized carbons (Fsp3) is 0.0625. The van der Waals surface area contributed by atoms with Crippen molar-refractivity contribution in [3.63, 3.8) is 0 Å². The normalized spacial score (nSPS) is 11.9. The summed E-state index contributed by atoms with van der Waals surface area (Å²) in [4.78, 5) is 0. The van der Waals surface area contributed by atoms with Gasteiger partial charge in [0.25, 0.3) is 0 Å². The topological polar surface area (TPSA) is 34.6 Å². The summed E-state index contributed by atoms with van der Waals surface area (Å²) in [6.45, 7) is 1.64. The van der Waals surface area contributed by atoms with E-state index in [4.69, 9.17) is 0 Å². The minimum atomic E-state index is 0.819. The molecule has 6 rings (SSSR count). The van der Waals surface area contributed by atoms with Crippen molar-refractivity contribution in [3.8, 4) is 0 Å². The summed E-state index contributed by atoms with van der Waals surface area (Å²) in [6, 6.07) is 37.9. The molecule has 4 nitrogen and oxygen atoms in total. The van der Waals surface area contributed by atoms with Crippen molar-refractivity contribution in [3.05, 3.63) is 144 Å². The van der Waals surface area contributed by atoms with Crippen molar-refractivity contribution in [1.29, 1.82) is 0 Å². The average Bonchev–Trinajstić information content (AvgIpc) is 3.46. The van der Waals surface area contributed by atoms with Gasteiger partial charge >= 0.3 is 0 Å². The second-order valence-corrected chi connectivity index (χ2v) is 8.92. The van der Waals surface area contributed by atoms with Gasteiger partial charge in [-0.05, 0) is 23.3 Å². The lowest BCUT2D eigenvalue weighted by atomic mass is 10.2. The smallest absolute Gasteiger partial charge is 0.0589 e. The molecule has 0 radical (unpaired) electrons. The van der Waals surface area contributed by atoms with Gasteiger partial charge in [0.2, 0.25) is 0 Å². The molecule has 0 saturated heterocycles. The van der Waals surface area contributed by atoms with E-state index >= 15 is 0 Å². The summed E-state index contributed by atoms with van der Waals surface area (Å²) >= 11 is 0. The zero-order chi connectivity index (χ0) is 24.2. The Kier molecular flexibility index (Phi) is 5.99. The molecule has 0 aliphatic heterocycles. The van der Waals surface area contributed by atoms with Crippen LogP contribution < -0.4 is 0 Å². The van der Waals surface area contributed by atoms with E-state index in [2.05, 4.69) is 129 Å². The molecule has 6 aromatic rings. The molecule has 0 aliphatic rings. The molecule has 2 heterocycles. The van der Waals surface area contributed by atoms with Crippen LogP contribution in [-0.2, 0) is 13.1 Å². The highest BCUT2D eigenvalue weighted by Gasteiger charge is 2.08. The molecule has 0 aliphatic carbocycles. The first kappa shape index (κ1) is 21.8. The second kappa shape index (κ2) is 9.88. The van der Waals surface area contributed by atoms with Crippen molar-refractivity contribution in [1.82, 2.24) is 9.13 Å². The minimum Gasteiger partial charge on any atom is -0.342 e. The quantitative estimate of drug-likeness (QED) is 0.177. The van der Waals surface area contributed by atoms with Gasteiger partial charge < -0.3 is 9.13 Å². The maximum absolute atomic E-state index is 4.43. The third-order valence-electron chi connectivity index (χ3n) is 6.49. The van der Waals surface area contributed by atoms with E-state index in [1.165, 1.54) is 32.9 Å². The van der Waals surface area contributed by atoms with E-state index in [0.29, 0.717) is 0 Å². The van der Waals surface area contributed by atoms with E-state index < -0.39 is 0 Å². The number of hydrogen-bond donors (Lipinski definition) is 0. The van der Waals surface area contributed by atoms with Gasteiger partial charge in [-0.3, -0.25) is 0 Å².